The van der Waals surface area contributed by atoms with E-state index in [4.69, 9.17) is 0 Å². The summed E-state index contributed by atoms with van der Waals surface area (Å²) in [5, 5.41) is 4.15. The van der Waals surface area contributed by atoms with Crippen molar-refractivity contribution in [3.05, 3.63) is 77.5 Å². The van der Waals surface area contributed by atoms with E-state index in [1.54, 1.807) is 6.20 Å². The number of rotatable bonds is 3. The van der Waals surface area contributed by atoms with Crippen LogP contribution in [0.5, 0.6) is 0 Å². The summed E-state index contributed by atoms with van der Waals surface area (Å²) in [5.41, 5.74) is 3.71. The summed E-state index contributed by atoms with van der Waals surface area (Å²) < 4.78 is 0. The molecule has 0 aliphatic carbocycles. The average Bonchev–Trinajstić information content (AvgIpc) is 2.54. The number of nitrogens with one attached hydrogen (secondary N) is 1. The molecule has 1 atom stereocenters. The molecule has 0 saturated heterocycles. The Hall–Kier alpha value is -2.68. The predicted molar refractivity (Wildman–Crippen MR) is 88.8 cm³/mol. The molecule has 0 bridgehead atoms. The number of nitrogens with zero attached hydrogens (tertiary/aromatic N) is 1. The van der Waals surface area contributed by atoms with E-state index in [1.807, 2.05) is 68.4 Å². The van der Waals surface area contributed by atoms with Crippen LogP contribution >= 0.6 is 0 Å². The molecule has 3 heteroatoms. The van der Waals surface area contributed by atoms with Crippen LogP contribution in [-0.2, 0) is 0 Å². The molecule has 22 heavy (non-hydrogen) atoms. The highest BCUT2D eigenvalue weighted by molar-refractivity contribution is 5.96. The molecule has 2 aromatic carbocycles. The maximum Gasteiger partial charge on any atom is 0.252 e. The molecule has 0 aliphatic rings. The fraction of sp³-hybridized carbons (Fsp3) is 0.158. The molecular weight excluding hydrogens is 272 g/mol. The fourth-order valence-electron chi connectivity index (χ4n) is 2.68. The van der Waals surface area contributed by atoms with Crippen LogP contribution < -0.4 is 5.32 Å². The van der Waals surface area contributed by atoms with E-state index in [9.17, 15) is 4.79 Å². The summed E-state index contributed by atoms with van der Waals surface area (Å²) in [6, 6.07) is 17.5. The van der Waals surface area contributed by atoms with E-state index in [1.165, 1.54) is 0 Å². The van der Waals surface area contributed by atoms with Crippen molar-refractivity contribution >= 4 is 16.8 Å². The minimum Gasteiger partial charge on any atom is -0.345 e. The van der Waals surface area contributed by atoms with Gasteiger partial charge in [-0.1, -0.05) is 36.4 Å². The summed E-state index contributed by atoms with van der Waals surface area (Å²) in [4.78, 5) is 16.8. The van der Waals surface area contributed by atoms with Gasteiger partial charge in [0, 0.05) is 17.1 Å². The lowest BCUT2D eigenvalue weighted by atomic mass is 10.0. The standard InChI is InChI=1S/C19H18N2O/c1-13-7-3-4-8-15(13)19(22)21-14(2)16-11-12-20-18-10-6-5-9-17(16)18/h3-12,14H,1-2H3,(H,21,22)/t14-/m1/s1. The van der Waals surface area contributed by atoms with Crippen LogP contribution in [0.2, 0.25) is 0 Å². The number of benzene rings is 2. The number of pyridine rings is 1. The third kappa shape index (κ3) is 2.70. The van der Waals surface area contributed by atoms with Crippen molar-refractivity contribution in [3.63, 3.8) is 0 Å². The molecule has 0 spiro atoms. The number of fused-ring (bicyclic) bond motifs is 1. The minimum absolute atomic E-state index is 0.0495. The van der Waals surface area contributed by atoms with Gasteiger partial charge in [-0.2, -0.15) is 0 Å². The maximum absolute atomic E-state index is 12.5. The molecule has 110 valence electrons. The molecule has 3 rings (SSSR count). The molecule has 1 N–H and O–H groups in total. The highest BCUT2D eigenvalue weighted by Gasteiger charge is 2.14. The van der Waals surface area contributed by atoms with Gasteiger partial charge in [0.2, 0.25) is 0 Å². The van der Waals surface area contributed by atoms with Crippen LogP contribution in [0.25, 0.3) is 10.9 Å². The number of hydrogen-bond acceptors (Lipinski definition) is 2. The Balaban J connectivity index is 1.89. The topological polar surface area (TPSA) is 42.0 Å². The van der Waals surface area contributed by atoms with Crippen molar-refractivity contribution in [3.8, 4) is 0 Å². The second kappa shape index (κ2) is 5.98. The number of carbonyl (C=O) groups excluding carboxylic acids is 1. The van der Waals surface area contributed by atoms with Crippen LogP contribution in [0.1, 0.15) is 34.5 Å². The summed E-state index contributed by atoms with van der Waals surface area (Å²) in [7, 11) is 0. The summed E-state index contributed by atoms with van der Waals surface area (Å²) >= 11 is 0. The van der Waals surface area contributed by atoms with Crippen LogP contribution in [0.3, 0.4) is 0 Å². The van der Waals surface area contributed by atoms with Crippen LogP contribution in [-0.4, -0.2) is 10.9 Å². The Labute approximate surface area is 130 Å². The number of para-hydroxylation sites is 1. The molecule has 1 heterocycles. The van der Waals surface area contributed by atoms with Gasteiger partial charge in [-0.25, -0.2) is 0 Å². The van der Waals surface area contributed by atoms with Crippen molar-refractivity contribution in [2.24, 2.45) is 0 Å². The Morgan fingerprint density at radius 2 is 1.77 bits per heavy atom. The highest BCUT2D eigenvalue weighted by Crippen LogP contribution is 2.22. The third-order valence-electron chi connectivity index (χ3n) is 3.89. The number of amides is 1. The number of carbonyl (C=O) groups is 1. The first kappa shape index (κ1) is 14.3. The Kier molecular flexibility index (Phi) is 3.88. The van der Waals surface area contributed by atoms with Gasteiger partial charge >= 0.3 is 0 Å². The van der Waals surface area contributed by atoms with E-state index in [-0.39, 0.29) is 11.9 Å². The lowest BCUT2D eigenvalue weighted by Gasteiger charge is -2.17. The Morgan fingerprint density at radius 1 is 1.05 bits per heavy atom. The molecule has 3 aromatic rings. The summed E-state index contributed by atoms with van der Waals surface area (Å²) in [6.07, 6.45) is 1.79. The average molecular weight is 290 g/mol. The van der Waals surface area contributed by atoms with Gasteiger partial charge in [-0.3, -0.25) is 9.78 Å². The number of aryl methyl sites for hydroxylation is 1. The van der Waals surface area contributed by atoms with Gasteiger partial charge < -0.3 is 5.32 Å². The van der Waals surface area contributed by atoms with Gasteiger partial charge in [-0.15, -0.1) is 0 Å². The fourth-order valence-corrected chi connectivity index (χ4v) is 2.68. The molecule has 0 fully saturated rings. The zero-order valence-electron chi connectivity index (χ0n) is 12.7. The molecule has 1 aromatic heterocycles. The predicted octanol–water partition coefficient (Wildman–Crippen LogP) is 4.03. The summed E-state index contributed by atoms with van der Waals surface area (Å²) in [6.45, 7) is 3.94. The first-order chi connectivity index (χ1) is 10.7. The van der Waals surface area contributed by atoms with E-state index < -0.39 is 0 Å². The van der Waals surface area contributed by atoms with E-state index in [0.717, 1.165) is 22.0 Å². The van der Waals surface area contributed by atoms with Gasteiger partial charge in [-0.05, 0) is 43.2 Å². The SMILES string of the molecule is Cc1ccccc1C(=O)N[C@H](C)c1ccnc2ccccc12. The lowest BCUT2D eigenvalue weighted by molar-refractivity contribution is 0.0939. The second-order valence-corrected chi connectivity index (χ2v) is 5.43. The quantitative estimate of drug-likeness (QED) is 0.791. The van der Waals surface area contributed by atoms with E-state index in [2.05, 4.69) is 10.3 Å². The van der Waals surface area contributed by atoms with Gasteiger partial charge in [0.25, 0.3) is 5.91 Å². The molecule has 3 nitrogen and oxygen atoms in total. The van der Waals surface area contributed by atoms with Crippen molar-refractivity contribution in [1.82, 2.24) is 10.3 Å². The molecule has 0 radical (unpaired) electrons. The van der Waals surface area contributed by atoms with Gasteiger partial charge in [0.15, 0.2) is 0 Å². The Morgan fingerprint density at radius 3 is 2.59 bits per heavy atom. The first-order valence-corrected chi connectivity index (χ1v) is 7.37. The first-order valence-electron chi connectivity index (χ1n) is 7.37. The van der Waals surface area contributed by atoms with Crippen molar-refractivity contribution < 1.29 is 4.79 Å². The third-order valence-corrected chi connectivity index (χ3v) is 3.89. The smallest absolute Gasteiger partial charge is 0.252 e. The highest BCUT2D eigenvalue weighted by atomic mass is 16.1. The second-order valence-electron chi connectivity index (χ2n) is 5.43. The van der Waals surface area contributed by atoms with Crippen LogP contribution in [0.15, 0.2) is 60.8 Å². The van der Waals surface area contributed by atoms with Gasteiger partial charge in [0.05, 0.1) is 11.6 Å². The zero-order valence-corrected chi connectivity index (χ0v) is 12.7. The molecular formula is C19H18N2O. The minimum atomic E-state index is -0.0833. The molecule has 0 unspecified atom stereocenters. The van der Waals surface area contributed by atoms with Crippen LogP contribution in [0.4, 0.5) is 0 Å². The van der Waals surface area contributed by atoms with Crippen LogP contribution in [0, 0.1) is 6.92 Å². The summed E-state index contributed by atoms with van der Waals surface area (Å²) in [5.74, 6) is -0.0495. The number of hydrogen-bond donors (Lipinski definition) is 1. The monoisotopic (exact) mass is 290 g/mol. The molecule has 1 amide bonds. The normalized spacial score (nSPS) is 12.1. The molecule has 0 saturated carbocycles. The van der Waals surface area contributed by atoms with E-state index in [0.29, 0.717) is 5.56 Å². The zero-order chi connectivity index (χ0) is 15.5. The van der Waals surface area contributed by atoms with Crippen molar-refractivity contribution in [1.29, 1.82) is 0 Å². The van der Waals surface area contributed by atoms with E-state index >= 15 is 0 Å². The maximum atomic E-state index is 12.5. The lowest BCUT2D eigenvalue weighted by Crippen LogP contribution is -2.27. The van der Waals surface area contributed by atoms with Crippen molar-refractivity contribution in [2.45, 2.75) is 19.9 Å². The largest absolute Gasteiger partial charge is 0.345 e. The Bertz CT molecular complexity index is 821. The number of aromatic nitrogens is 1. The van der Waals surface area contributed by atoms with Crippen molar-refractivity contribution in [2.75, 3.05) is 0 Å². The van der Waals surface area contributed by atoms with Gasteiger partial charge in [0.1, 0.15) is 0 Å². The molecule has 0 aliphatic heterocycles.